The molecule has 1 rings (SSSR count). The molecule has 0 saturated carbocycles. The zero-order valence-electron chi connectivity index (χ0n) is 10.1. The van der Waals surface area contributed by atoms with E-state index in [-0.39, 0.29) is 11.9 Å². The van der Waals surface area contributed by atoms with E-state index in [4.69, 9.17) is 0 Å². The highest BCUT2D eigenvalue weighted by molar-refractivity contribution is 5.75. The Hall–Kier alpha value is -1.42. The Bertz CT molecular complexity index is 324. The third-order valence-corrected chi connectivity index (χ3v) is 2.42. The van der Waals surface area contributed by atoms with Gasteiger partial charge in [0, 0.05) is 39.3 Å². The third-order valence-electron chi connectivity index (χ3n) is 2.42. The number of carbonyl (C=O) groups excluding carboxylic acids is 1. The van der Waals surface area contributed by atoms with Gasteiger partial charge >= 0.3 is 0 Å². The molecule has 0 aromatic carbocycles. The lowest BCUT2D eigenvalue weighted by Crippen LogP contribution is -2.28. The van der Waals surface area contributed by atoms with Gasteiger partial charge in [-0.05, 0) is 19.1 Å². The highest BCUT2D eigenvalue weighted by Gasteiger charge is 2.07. The van der Waals surface area contributed by atoms with Crippen LogP contribution in [0.3, 0.4) is 0 Å². The van der Waals surface area contributed by atoms with Crippen LogP contribution in [0.15, 0.2) is 24.4 Å². The Labute approximate surface area is 96.7 Å². The molecule has 1 N–H and O–H groups in total. The van der Waals surface area contributed by atoms with Crippen molar-refractivity contribution in [2.45, 2.75) is 19.4 Å². The van der Waals surface area contributed by atoms with E-state index in [9.17, 15) is 4.79 Å². The molecule has 0 radical (unpaired) electrons. The van der Waals surface area contributed by atoms with E-state index in [1.54, 1.807) is 25.2 Å². The summed E-state index contributed by atoms with van der Waals surface area (Å²) in [6.45, 7) is 2.72. The maximum absolute atomic E-state index is 11.3. The molecule has 4 heteroatoms. The number of hydrogen-bond donors (Lipinski definition) is 1. The summed E-state index contributed by atoms with van der Waals surface area (Å²) in [5.41, 5.74) is 1.000. The van der Waals surface area contributed by atoms with E-state index < -0.39 is 0 Å². The predicted octanol–water partition coefficient (Wildman–Crippen LogP) is 1.21. The first kappa shape index (κ1) is 12.6. The molecule has 1 atom stereocenters. The molecule has 0 saturated heterocycles. The van der Waals surface area contributed by atoms with Gasteiger partial charge in [-0.2, -0.15) is 0 Å². The smallest absolute Gasteiger partial charge is 0.223 e. The lowest BCUT2D eigenvalue weighted by molar-refractivity contribution is -0.128. The van der Waals surface area contributed by atoms with Crippen molar-refractivity contribution in [3.05, 3.63) is 30.1 Å². The molecule has 16 heavy (non-hydrogen) atoms. The number of nitrogens with one attached hydrogen (secondary N) is 1. The summed E-state index contributed by atoms with van der Waals surface area (Å²) in [5, 5.41) is 3.27. The summed E-state index contributed by atoms with van der Waals surface area (Å²) < 4.78 is 0. The van der Waals surface area contributed by atoms with Gasteiger partial charge in [-0.15, -0.1) is 0 Å². The first-order valence-electron chi connectivity index (χ1n) is 5.45. The summed E-state index contributed by atoms with van der Waals surface area (Å²) in [5.74, 6) is 0.140. The van der Waals surface area contributed by atoms with Crippen molar-refractivity contribution >= 4 is 5.91 Å². The van der Waals surface area contributed by atoms with Crippen LogP contribution in [0, 0.1) is 0 Å². The van der Waals surface area contributed by atoms with Crippen LogP contribution >= 0.6 is 0 Å². The number of aromatic nitrogens is 1. The molecule has 0 fully saturated rings. The molecule has 0 bridgehead atoms. The lowest BCUT2D eigenvalue weighted by atomic mass is 10.2. The average Bonchev–Trinajstić information content (AvgIpc) is 2.29. The molecular formula is C12H19N3O. The topological polar surface area (TPSA) is 45.2 Å². The Kier molecular flexibility index (Phi) is 4.92. The zero-order valence-corrected chi connectivity index (χ0v) is 10.1. The quantitative estimate of drug-likeness (QED) is 0.813. The summed E-state index contributed by atoms with van der Waals surface area (Å²) in [4.78, 5) is 17.2. The van der Waals surface area contributed by atoms with Gasteiger partial charge in [0.15, 0.2) is 0 Å². The number of nitrogens with zero attached hydrogens (tertiary/aromatic N) is 2. The largest absolute Gasteiger partial charge is 0.349 e. The maximum Gasteiger partial charge on any atom is 0.223 e. The van der Waals surface area contributed by atoms with E-state index in [0.29, 0.717) is 13.0 Å². The molecule has 1 heterocycles. The fourth-order valence-corrected chi connectivity index (χ4v) is 1.36. The molecule has 0 aliphatic heterocycles. The van der Waals surface area contributed by atoms with Crippen LogP contribution in [-0.2, 0) is 4.79 Å². The van der Waals surface area contributed by atoms with E-state index in [1.165, 1.54) is 0 Å². The average molecular weight is 221 g/mol. The second-order valence-corrected chi connectivity index (χ2v) is 3.97. The van der Waals surface area contributed by atoms with Gasteiger partial charge < -0.3 is 10.2 Å². The summed E-state index contributed by atoms with van der Waals surface area (Å²) in [7, 11) is 3.54. The minimum atomic E-state index is 0.140. The first-order valence-corrected chi connectivity index (χ1v) is 5.45. The van der Waals surface area contributed by atoms with Gasteiger partial charge in [0.1, 0.15) is 0 Å². The highest BCUT2D eigenvalue weighted by atomic mass is 16.2. The van der Waals surface area contributed by atoms with Crippen molar-refractivity contribution in [2.24, 2.45) is 0 Å². The summed E-state index contributed by atoms with van der Waals surface area (Å²) in [6, 6.07) is 6.01. The second-order valence-electron chi connectivity index (χ2n) is 3.97. The van der Waals surface area contributed by atoms with E-state index >= 15 is 0 Å². The summed E-state index contributed by atoms with van der Waals surface area (Å²) >= 11 is 0. The first-order chi connectivity index (χ1) is 7.61. The fourth-order valence-electron chi connectivity index (χ4n) is 1.36. The van der Waals surface area contributed by atoms with Gasteiger partial charge in [-0.3, -0.25) is 9.78 Å². The molecular weight excluding hydrogens is 202 g/mol. The van der Waals surface area contributed by atoms with Crippen LogP contribution in [-0.4, -0.2) is 36.4 Å². The van der Waals surface area contributed by atoms with Crippen LogP contribution in [0.5, 0.6) is 0 Å². The van der Waals surface area contributed by atoms with Gasteiger partial charge in [-0.1, -0.05) is 6.07 Å². The molecule has 1 aromatic heterocycles. The van der Waals surface area contributed by atoms with Crippen molar-refractivity contribution in [3.8, 4) is 0 Å². The van der Waals surface area contributed by atoms with Gasteiger partial charge in [0.25, 0.3) is 0 Å². The molecule has 0 spiro atoms. The van der Waals surface area contributed by atoms with E-state index in [0.717, 1.165) is 5.69 Å². The summed E-state index contributed by atoms with van der Waals surface area (Å²) in [6.07, 6.45) is 2.29. The number of rotatable bonds is 5. The van der Waals surface area contributed by atoms with Crippen LogP contribution < -0.4 is 5.32 Å². The second kappa shape index (κ2) is 6.23. The van der Waals surface area contributed by atoms with Crippen LogP contribution in [0.1, 0.15) is 25.1 Å². The van der Waals surface area contributed by atoms with Crippen molar-refractivity contribution in [3.63, 3.8) is 0 Å². The number of hydrogen-bond acceptors (Lipinski definition) is 3. The molecule has 4 nitrogen and oxygen atoms in total. The Balaban J connectivity index is 2.31. The SMILES string of the molecule is CC(NCCC(=O)N(C)C)c1ccccn1. The van der Waals surface area contributed by atoms with Crippen LogP contribution in [0.2, 0.25) is 0 Å². The van der Waals surface area contributed by atoms with Crippen molar-refractivity contribution in [1.82, 2.24) is 15.2 Å². The zero-order chi connectivity index (χ0) is 12.0. The maximum atomic E-state index is 11.3. The predicted molar refractivity (Wildman–Crippen MR) is 64.0 cm³/mol. The van der Waals surface area contributed by atoms with Crippen LogP contribution in [0.4, 0.5) is 0 Å². The Morgan fingerprint density at radius 1 is 1.50 bits per heavy atom. The molecule has 1 unspecified atom stereocenters. The van der Waals surface area contributed by atoms with Crippen LogP contribution in [0.25, 0.3) is 0 Å². The fraction of sp³-hybridized carbons (Fsp3) is 0.500. The normalized spacial score (nSPS) is 12.2. The number of pyridine rings is 1. The minimum absolute atomic E-state index is 0.140. The van der Waals surface area contributed by atoms with Gasteiger partial charge in [0.2, 0.25) is 5.91 Å². The molecule has 0 aliphatic carbocycles. The Morgan fingerprint density at radius 2 is 2.25 bits per heavy atom. The molecule has 0 aliphatic rings. The van der Waals surface area contributed by atoms with Gasteiger partial charge in [0.05, 0.1) is 5.69 Å². The van der Waals surface area contributed by atoms with Crippen molar-refractivity contribution in [2.75, 3.05) is 20.6 Å². The van der Waals surface area contributed by atoms with E-state index in [1.807, 2.05) is 25.1 Å². The lowest BCUT2D eigenvalue weighted by Gasteiger charge is -2.14. The molecule has 1 aromatic rings. The monoisotopic (exact) mass is 221 g/mol. The highest BCUT2D eigenvalue weighted by Crippen LogP contribution is 2.07. The van der Waals surface area contributed by atoms with Gasteiger partial charge in [-0.25, -0.2) is 0 Å². The number of carbonyl (C=O) groups is 1. The van der Waals surface area contributed by atoms with E-state index in [2.05, 4.69) is 10.3 Å². The number of amides is 1. The van der Waals surface area contributed by atoms with Crippen molar-refractivity contribution in [1.29, 1.82) is 0 Å². The molecule has 1 amide bonds. The standard InChI is InChI=1S/C12H19N3O/c1-10(11-6-4-5-8-14-11)13-9-7-12(16)15(2)3/h4-6,8,10,13H,7,9H2,1-3H3. The minimum Gasteiger partial charge on any atom is -0.349 e. The van der Waals surface area contributed by atoms with Crippen molar-refractivity contribution < 1.29 is 4.79 Å². The molecule has 88 valence electrons. The third kappa shape index (κ3) is 3.98. The Morgan fingerprint density at radius 3 is 2.81 bits per heavy atom.